The molecule has 1 aromatic carbocycles. The Labute approximate surface area is 94.3 Å². The van der Waals surface area contributed by atoms with Crippen LogP contribution in [0.4, 0.5) is 0 Å². The van der Waals surface area contributed by atoms with Crippen LogP contribution in [0.5, 0.6) is 0 Å². The molecule has 0 bridgehead atoms. The van der Waals surface area contributed by atoms with Gasteiger partial charge in [-0.25, -0.2) is 4.98 Å². The zero-order chi connectivity index (χ0) is 11.0. The van der Waals surface area contributed by atoms with Crippen molar-refractivity contribution in [3.05, 3.63) is 40.3 Å². The van der Waals surface area contributed by atoms with Gasteiger partial charge in [0.1, 0.15) is 0 Å². The molecule has 0 amide bonds. The molecule has 1 aromatic heterocycles. The van der Waals surface area contributed by atoms with Crippen LogP contribution in [0.25, 0.3) is 11.3 Å². The molecule has 0 spiro atoms. The average molecular weight is 221 g/mol. The Morgan fingerprint density at radius 2 is 1.73 bits per heavy atom. The molecule has 0 fully saturated rings. The highest BCUT2D eigenvalue weighted by Crippen LogP contribution is 2.27. The number of H-pyrrole nitrogens is 1. The molecule has 0 saturated heterocycles. The van der Waals surface area contributed by atoms with Gasteiger partial charge in [0.2, 0.25) is 0 Å². The molecule has 0 aliphatic heterocycles. The first-order valence-electron chi connectivity index (χ1n) is 4.86. The van der Waals surface area contributed by atoms with E-state index in [1.165, 1.54) is 22.3 Å². The largest absolute Gasteiger partial charge is 0.329 e. The third-order valence-corrected chi connectivity index (χ3v) is 2.68. The lowest BCUT2D eigenvalue weighted by molar-refractivity contribution is 1.28. The highest BCUT2D eigenvalue weighted by Gasteiger charge is 2.08. The first-order chi connectivity index (χ1) is 7.08. The van der Waals surface area contributed by atoms with Gasteiger partial charge < -0.3 is 4.98 Å². The van der Waals surface area contributed by atoms with E-state index < -0.39 is 0 Å². The van der Waals surface area contributed by atoms with Crippen molar-refractivity contribution in [2.45, 2.75) is 20.8 Å². The predicted molar refractivity (Wildman–Crippen MR) is 63.2 cm³/mol. The lowest BCUT2D eigenvalue weighted by Crippen LogP contribution is -1.89. The third-order valence-electron chi connectivity index (χ3n) is 2.49. The van der Waals surface area contributed by atoms with Gasteiger partial charge in [0, 0.05) is 5.56 Å². The molecule has 0 unspecified atom stereocenters. The van der Waals surface area contributed by atoms with E-state index in [-0.39, 0.29) is 0 Å². The van der Waals surface area contributed by atoms with Crippen molar-refractivity contribution >= 4 is 11.6 Å². The van der Waals surface area contributed by atoms with Crippen molar-refractivity contribution in [1.82, 2.24) is 9.97 Å². The first kappa shape index (κ1) is 10.2. The second-order valence-electron chi connectivity index (χ2n) is 3.86. The van der Waals surface area contributed by atoms with Crippen LogP contribution in [0.1, 0.15) is 16.7 Å². The minimum atomic E-state index is 0.435. The van der Waals surface area contributed by atoms with E-state index in [0.29, 0.717) is 5.28 Å². The van der Waals surface area contributed by atoms with Crippen molar-refractivity contribution in [3.63, 3.8) is 0 Å². The van der Waals surface area contributed by atoms with Gasteiger partial charge in [-0.15, -0.1) is 0 Å². The molecule has 0 atom stereocenters. The highest BCUT2D eigenvalue weighted by atomic mass is 35.5. The summed E-state index contributed by atoms with van der Waals surface area (Å²) in [6.45, 7) is 6.30. The van der Waals surface area contributed by atoms with Crippen molar-refractivity contribution in [2.24, 2.45) is 0 Å². The summed E-state index contributed by atoms with van der Waals surface area (Å²) < 4.78 is 0. The minimum absolute atomic E-state index is 0.435. The predicted octanol–water partition coefficient (Wildman–Crippen LogP) is 3.66. The maximum atomic E-state index is 5.78. The first-order valence-corrected chi connectivity index (χ1v) is 5.24. The second kappa shape index (κ2) is 3.70. The van der Waals surface area contributed by atoms with Gasteiger partial charge in [-0.3, -0.25) is 0 Å². The second-order valence-corrected chi connectivity index (χ2v) is 4.22. The van der Waals surface area contributed by atoms with Gasteiger partial charge in [-0.1, -0.05) is 17.7 Å². The number of hydrogen-bond acceptors (Lipinski definition) is 1. The summed E-state index contributed by atoms with van der Waals surface area (Å²) in [5.74, 6) is 0. The molecule has 0 aliphatic rings. The normalized spacial score (nSPS) is 10.7. The number of nitrogens with zero attached hydrogens (tertiary/aromatic N) is 1. The fourth-order valence-electron chi connectivity index (χ4n) is 2.03. The summed E-state index contributed by atoms with van der Waals surface area (Å²) in [5.41, 5.74) is 5.94. The number of halogens is 1. The van der Waals surface area contributed by atoms with Crippen LogP contribution in [-0.2, 0) is 0 Å². The maximum absolute atomic E-state index is 5.78. The topological polar surface area (TPSA) is 28.7 Å². The van der Waals surface area contributed by atoms with E-state index >= 15 is 0 Å². The molecular formula is C12H13ClN2. The summed E-state index contributed by atoms with van der Waals surface area (Å²) in [4.78, 5) is 7.06. The van der Waals surface area contributed by atoms with Crippen LogP contribution >= 0.6 is 11.6 Å². The molecule has 78 valence electrons. The van der Waals surface area contributed by atoms with Gasteiger partial charge in [-0.05, 0) is 43.5 Å². The molecule has 0 saturated carbocycles. The van der Waals surface area contributed by atoms with E-state index in [4.69, 9.17) is 11.6 Å². The van der Waals surface area contributed by atoms with Crippen molar-refractivity contribution in [3.8, 4) is 11.3 Å². The number of imidazole rings is 1. The Kier molecular flexibility index (Phi) is 2.53. The summed E-state index contributed by atoms with van der Waals surface area (Å²) in [6.07, 6.45) is 1.77. The quantitative estimate of drug-likeness (QED) is 0.781. The summed E-state index contributed by atoms with van der Waals surface area (Å²) in [7, 11) is 0. The molecule has 3 heteroatoms. The highest BCUT2D eigenvalue weighted by molar-refractivity contribution is 6.28. The van der Waals surface area contributed by atoms with Crippen molar-refractivity contribution < 1.29 is 0 Å². The molecular weight excluding hydrogens is 208 g/mol. The van der Waals surface area contributed by atoms with Crippen LogP contribution in [0.3, 0.4) is 0 Å². The van der Waals surface area contributed by atoms with E-state index in [2.05, 4.69) is 42.9 Å². The van der Waals surface area contributed by atoms with Gasteiger partial charge in [0.25, 0.3) is 0 Å². The molecule has 1 heterocycles. The van der Waals surface area contributed by atoms with Gasteiger partial charge in [0.15, 0.2) is 5.28 Å². The van der Waals surface area contributed by atoms with Crippen LogP contribution in [0.15, 0.2) is 18.3 Å². The van der Waals surface area contributed by atoms with E-state index in [9.17, 15) is 0 Å². The standard InChI is InChI=1S/C12H13ClN2/c1-7-4-8(2)11(9(3)5-7)10-6-14-12(13)15-10/h4-6H,1-3H3,(H,14,15). The molecule has 15 heavy (non-hydrogen) atoms. The Bertz CT molecular complexity index is 477. The number of aromatic amines is 1. The zero-order valence-corrected chi connectivity index (χ0v) is 9.81. The lowest BCUT2D eigenvalue weighted by atomic mass is 9.98. The SMILES string of the molecule is Cc1cc(C)c(-c2cnc(Cl)[nH]2)c(C)c1. The van der Waals surface area contributed by atoms with E-state index in [0.717, 1.165) is 5.69 Å². The molecule has 1 N–H and O–H groups in total. The molecule has 2 nitrogen and oxygen atoms in total. The molecule has 2 rings (SSSR count). The van der Waals surface area contributed by atoms with Crippen LogP contribution in [-0.4, -0.2) is 9.97 Å². The van der Waals surface area contributed by atoms with Crippen molar-refractivity contribution in [1.29, 1.82) is 0 Å². The van der Waals surface area contributed by atoms with Gasteiger partial charge >= 0.3 is 0 Å². The molecule has 2 aromatic rings. The van der Waals surface area contributed by atoms with Gasteiger partial charge in [-0.2, -0.15) is 0 Å². The zero-order valence-electron chi connectivity index (χ0n) is 9.06. The smallest absolute Gasteiger partial charge is 0.200 e. The fourth-order valence-corrected chi connectivity index (χ4v) is 2.18. The average Bonchev–Trinajstić information content (AvgIpc) is 2.49. The summed E-state index contributed by atoms with van der Waals surface area (Å²) in [6, 6.07) is 4.33. The van der Waals surface area contributed by atoms with E-state index in [1.807, 2.05) is 0 Å². The number of aromatic nitrogens is 2. The monoisotopic (exact) mass is 220 g/mol. The lowest BCUT2D eigenvalue weighted by Gasteiger charge is -2.08. The molecule has 0 radical (unpaired) electrons. The van der Waals surface area contributed by atoms with E-state index in [1.54, 1.807) is 6.20 Å². The number of rotatable bonds is 1. The third kappa shape index (κ3) is 1.90. The van der Waals surface area contributed by atoms with Crippen LogP contribution < -0.4 is 0 Å². The Hall–Kier alpha value is -1.28. The van der Waals surface area contributed by atoms with Crippen LogP contribution in [0.2, 0.25) is 5.28 Å². The minimum Gasteiger partial charge on any atom is -0.329 e. The Balaban J connectivity index is 2.62. The Morgan fingerprint density at radius 3 is 2.20 bits per heavy atom. The van der Waals surface area contributed by atoms with Gasteiger partial charge in [0.05, 0.1) is 11.9 Å². The van der Waals surface area contributed by atoms with Crippen molar-refractivity contribution in [2.75, 3.05) is 0 Å². The summed E-state index contributed by atoms with van der Waals surface area (Å²) in [5, 5.41) is 0.435. The number of benzene rings is 1. The summed E-state index contributed by atoms with van der Waals surface area (Å²) >= 11 is 5.78. The molecule has 0 aliphatic carbocycles. The number of nitrogens with one attached hydrogen (secondary N) is 1. The fraction of sp³-hybridized carbons (Fsp3) is 0.250. The Morgan fingerprint density at radius 1 is 1.13 bits per heavy atom. The maximum Gasteiger partial charge on any atom is 0.200 e. The number of aryl methyl sites for hydroxylation is 3. The van der Waals surface area contributed by atoms with Crippen LogP contribution in [0, 0.1) is 20.8 Å². The number of hydrogen-bond donors (Lipinski definition) is 1.